The average Bonchev–Trinajstić information content (AvgIpc) is 3.39. The number of pyridine rings is 1. The van der Waals surface area contributed by atoms with Crippen LogP contribution in [0.2, 0.25) is 0 Å². The SMILES string of the molecule is C=NC(=NC(=NCc1ccccc1)c1ccc(/C(=N/CCl)c2oc3ccccc3c2N=C)cn1)c1ccccc1. The van der Waals surface area contributed by atoms with Crippen LogP contribution >= 0.6 is 11.6 Å². The number of fused-ring (bicyclic) bond motifs is 1. The molecule has 40 heavy (non-hydrogen) atoms. The zero-order chi connectivity index (χ0) is 27.7. The van der Waals surface area contributed by atoms with Gasteiger partial charge in [-0.3, -0.25) is 20.0 Å². The summed E-state index contributed by atoms with van der Waals surface area (Å²) in [6.07, 6.45) is 1.69. The van der Waals surface area contributed by atoms with Gasteiger partial charge in [-0.25, -0.2) is 9.98 Å². The van der Waals surface area contributed by atoms with Gasteiger partial charge >= 0.3 is 0 Å². The van der Waals surface area contributed by atoms with Crippen LogP contribution in [0.3, 0.4) is 0 Å². The van der Waals surface area contributed by atoms with Crippen LogP contribution in [0.25, 0.3) is 11.0 Å². The lowest BCUT2D eigenvalue weighted by Crippen LogP contribution is -2.09. The Labute approximate surface area is 237 Å². The lowest BCUT2D eigenvalue weighted by Gasteiger charge is -2.08. The molecule has 0 aliphatic carbocycles. The Hall–Kier alpha value is -5.01. The van der Waals surface area contributed by atoms with Crippen molar-refractivity contribution in [2.24, 2.45) is 25.0 Å². The largest absolute Gasteiger partial charge is 0.452 e. The van der Waals surface area contributed by atoms with E-state index in [1.54, 1.807) is 6.20 Å². The number of benzene rings is 3. The molecule has 5 aromatic rings. The number of nitrogens with zero attached hydrogens (tertiary/aromatic N) is 6. The van der Waals surface area contributed by atoms with Crippen LogP contribution < -0.4 is 0 Å². The van der Waals surface area contributed by atoms with E-state index in [2.05, 4.69) is 28.4 Å². The van der Waals surface area contributed by atoms with Crippen LogP contribution in [-0.4, -0.2) is 41.8 Å². The molecule has 2 heterocycles. The molecule has 0 radical (unpaired) electrons. The molecule has 3 aromatic carbocycles. The molecule has 0 saturated heterocycles. The Morgan fingerprint density at radius 2 is 1.50 bits per heavy atom. The molecule has 0 N–H and O–H groups in total. The summed E-state index contributed by atoms with van der Waals surface area (Å²) in [5, 5.41) is 0.842. The minimum Gasteiger partial charge on any atom is -0.452 e. The number of amidine groups is 2. The first-order valence-corrected chi connectivity index (χ1v) is 13.0. The molecular weight excluding hydrogens is 520 g/mol. The number of hydrogen-bond acceptors (Lipinski definition) is 5. The monoisotopic (exact) mass is 544 g/mol. The molecular formula is C32H25ClN6O. The van der Waals surface area contributed by atoms with Crippen LogP contribution in [0, 0.1) is 0 Å². The van der Waals surface area contributed by atoms with Crippen molar-refractivity contribution in [2.45, 2.75) is 6.54 Å². The minimum absolute atomic E-state index is 0.0320. The quantitative estimate of drug-likeness (QED) is 0.0888. The van der Waals surface area contributed by atoms with Crippen LogP contribution in [0.15, 0.2) is 133 Å². The second-order valence-electron chi connectivity index (χ2n) is 8.58. The van der Waals surface area contributed by atoms with Crippen molar-refractivity contribution in [2.75, 3.05) is 6.00 Å². The van der Waals surface area contributed by atoms with Gasteiger partial charge in [0, 0.05) is 22.7 Å². The van der Waals surface area contributed by atoms with Crippen LogP contribution in [0.4, 0.5) is 5.69 Å². The first-order valence-electron chi connectivity index (χ1n) is 12.5. The van der Waals surface area contributed by atoms with Crippen LogP contribution in [-0.2, 0) is 6.54 Å². The first-order chi connectivity index (χ1) is 19.7. The normalized spacial score (nSPS) is 12.5. The third-order valence-corrected chi connectivity index (χ3v) is 6.19. The number of aliphatic imine (C=N–C) groups is 5. The summed E-state index contributed by atoms with van der Waals surface area (Å²) in [5.74, 6) is 1.35. The zero-order valence-electron chi connectivity index (χ0n) is 21.6. The van der Waals surface area contributed by atoms with Gasteiger partial charge in [0.1, 0.15) is 28.7 Å². The molecule has 0 aliphatic heterocycles. The molecule has 0 unspecified atom stereocenters. The Morgan fingerprint density at radius 1 is 0.775 bits per heavy atom. The minimum atomic E-state index is 0.0320. The van der Waals surface area contributed by atoms with E-state index >= 15 is 0 Å². The lowest BCUT2D eigenvalue weighted by molar-refractivity contribution is 0.606. The van der Waals surface area contributed by atoms with Crippen LogP contribution in [0.1, 0.15) is 28.1 Å². The Balaban J connectivity index is 1.55. The number of para-hydroxylation sites is 1. The molecule has 8 heteroatoms. The molecule has 0 atom stereocenters. The van der Waals surface area contributed by atoms with Gasteiger partial charge in [0.15, 0.2) is 17.4 Å². The predicted molar refractivity (Wildman–Crippen MR) is 165 cm³/mol. The molecule has 0 amide bonds. The van der Waals surface area contributed by atoms with E-state index in [-0.39, 0.29) is 6.00 Å². The smallest absolute Gasteiger partial charge is 0.179 e. The van der Waals surface area contributed by atoms with E-state index in [4.69, 9.17) is 31.0 Å². The van der Waals surface area contributed by atoms with Gasteiger partial charge < -0.3 is 4.42 Å². The summed E-state index contributed by atoms with van der Waals surface area (Å²) >= 11 is 6.05. The number of aromatic nitrogens is 1. The van der Waals surface area contributed by atoms with Gasteiger partial charge in [0.25, 0.3) is 0 Å². The zero-order valence-corrected chi connectivity index (χ0v) is 22.4. The predicted octanol–water partition coefficient (Wildman–Crippen LogP) is 7.29. The van der Waals surface area contributed by atoms with Gasteiger partial charge in [-0.05, 0) is 43.3 Å². The third kappa shape index (κ3) is 5.85. The number of alkyl halides is 1. The molecule has 0 fully saturated rings. The van der Waals surface area contributed by atoms with Crippen molar-refractivity contribution in [3.63, 3.8) is 0 Å². The Morgan fingerprint density at radius 3 is 2.17 bits per heavy atom. The fourth-order valence-corrected chi connectivity index (χ4v) is 4.29. The standard InChI is InChI=1S/C32H25ClN6O/c1-34-29-25-15-9-10-16-27(25)40-30(29)28(38-21-33)24-17-18-26(36-20-24)32(37-19-22-11-5-3-6-12-22)39-31(35-2)23-13-7-4-8-14-23/h3-18,20H,1-2,19,21H2/b37-32?,38-28-,39-31?. The van der Waals surface area contributed by atoms with E-state index in [1.165, 1.54) is 0 Å². The van der Waals surface area contributed by atoms with E-state index in [9.17, 15) is 0 Å². The van der Waals surface area contributed by atoms with Crippen molar-refractivity contribution < 1.29 is 4.42 Å². The molecule has 5 rings (SSSR count). The summed E-state index contributed by atoms with van der Waals surface area (Å²) in [4.78, 5) is 27.1. The van der Waals surface area contributed by atoms with Crippen molar-refractivity contribution in [1.29, 1.82) is 0 Å². The van der Waals surface area contributed by atoms with Gasteiger partial charge in [0.05, 0.1) is 6.54 Å². The average molecular weight is 545 g/mol. The van der Waals surface area contributed by atoms with Gasteiger partial charge in [-0.1, -0.05) is 72.8 Å². The third-order valence-electron chi connectivity index (χ3n) is 6.07. The fourth-order valence-electron chi connectivity index (χ4n) is 4.17. The molecule has 0 bridgehead atoms. The summed E-state index contributed by atoms with van der Waals surface area (Å²) in [6.45, 7) is 7.88. The first kappa shape index (κ1) is 26.6. The molecule has 0 spiro atoms. The highest BCUT2D eigenvalue weighted by molar-refractivity contribution is 6.22. The lowest BCUT2D eigenvalue weighted by atomic mass is 10.1. The summed E-state index contributed by atoms with van der Waals surface area (Å²) in [6, 6.07) is 30.9. The summed E-state index contributed by atoms with van der Waals surface area (Å²) in [5.41, 5.74) is 4.94. The maximum atomic E-state index is 6.12. The maximum Gasteiger partial charge on any atom is 0.179 e. The molecule has 2 aromatic heterocycles. The topological polar surface area (TPSA) is 87.8 Å². The van der Waals surface area contributed by atoms with Gasteiger partial charge in [-0.2, -0.15) is 0 Å². The van der Waals surface area contributed by atoms with E-state index in [0.717, 1.165) is 16.5 Å². The highest BCUT2D eigenvalue weighted by Gasteiger charge is 2.20. The number of rotatable bonds is 8. The van der Waals surface area contributed by atoms with Crippen molar-refractivity contribution in [3.8, 4) is 0 Å². The second-order valence-corrected chi connectivity index (χ2v) is 8.82. The molecule has 196 valence electrons. The van der Waals surface area contributed by atoms with E-state index in [1.807, 2.05) is 97.1 Å². The summed E-state index contributed by atoms with van der Waals surface area (Å²) in [7, 11) is 0. The number of halogens is 1. The second kappa shape index (κ2) is 12.7. The molecule has 0 aliphatic rings. The molecule has 7 nitrogen and oxygen atoms in total. The van der Waals surface area contributed by atoms with E-state index in [0.29, 0.717) is 52.2 Å². The maximum absolute atomic E-state index is 6.12. The van der Waals surface area contributed by atoms with Gasteiger partial charge in [-0.15, -0.1) is 11.6 Å². The van der Waals surface area contributed by atoms with Crippen LogP contribution in [0.5, 0.6) is 0 Å². The van der Waals surface area contributed by atoms with Crippen molar-refractivity contribution in [3.05, 3.63) is 131 Å². The number of hydrogen-bond donors (Lipinski definition) is 0. The van der Waals surface area contributed by atoms with Crippen molar-refractivity contribution >= 4 is 59.1 Å². The highest BCUT2D eigenvalue weighted by Crippen LogP contribution is 2.34. The van der Waals surface area contributed by atoms with E-state index < -0.39 is 0 Å². The van der Waals surface area contributed by atoms with Crippen molar-refractivity contribution in [1.82, 2.24) is 4.98 Å². The Bertz CT molecular complexity index is 1720. The summed E-state index contributed by atoms with van der Waals surface area (Å²) < 4.78 is 6.12. The fraction of sp³-hybridized carbons (Fsp3) is 0.0625. The Kier molecular flexibility index (Phi) is 8.44. The van der Waals surface area contributed by atoms with Gasteiger partial charge in [0.2, 0.25) is 0 Å². The highest BCUT2D eigenvalue weighted by atomic mass is 35.5. The number of furan rings is 1. The molecule has 0 saturated carbocycles.